The molecule has 0 aliphatic heterocycles. The molecular weight excluding hydrogens is 100 g/mol. The van der Waals surface area contributed by atoms with Gasteiger partial charge in [0.15, 0.2) is 0 Å². The van der Waals surface area contributed by atoms with Crippen molar-refractivity contribution in [1.29, 1.82) is 0 Å². The number of rotatable bonds is 0. The fourth-order valence-electron chi connectivity index (χ4n) is 1.92. The van der Waals surface area contributed by atoms with Gasteiger partial charge in [0.25, 0.3) is 0 Å². The van der Waals surface area contributed by atoms with Gasteiger partial charge in [0.1, 0.15) is 5.78 Å². The van der Waals surface area contributed by atoms with E-state index in [-0.39, 0.29) is 0 Å². The van der Waals surface area contributed by atoms with Crippen LogP contribution in [0.3, 0.4) is 0 Å². The van der Waals surface area contributed by atoms with Crippen molar-refractivity contribution < 1.29 is 4.79 Å². The number of hydrogen-bond acceptors (Lipinski definition) is 1. The standard InChI is InChI=1S/C7H10O/c1-4-6-2-5(8)3-7(4)6/h4,6-7H,2-3H2,1H3/t4?,6-,7+. The third-order valence-electron chi connectivity index (χ3n) is 2.69. The first-order chi connectivity index (χ1) is 3.79. The second kappa shape index (κ2) is 1.15. The maximum absolute atomic E-state index is 10.6. The smallest absolute Gasteiger partial charge is 0.133 e. The largest absolute Gasteiger partial charge is 0.300 e. The molecular formula is C7H10O. The van der Waals surface area contributed by atoms with Gasteiger partial charge in [0.05, 0.1) is 0 Å². The van der Waals surface area contributed by atoms with Gasteiger partial charge in [-0.1, -0.05) is 6.92 Å². The number of ketones is 1. The van der Waals surface area contributed by atoms with Crippen LogP contribution in [0.25, 0.3) is 0 Å². The van der Waals surface area contributed by atoms with Crippen LogP contribution in [0.4, 0.5) is 0 Å². The van der Waals surface area contributed by atoms with Crippen LogP contribution in [0.2, 0.25) is 0 Å². The zero-order valence-corrected chi connectivity index (χ0v) is 5.05. The molecule has 0 aromatic rings. The molecule has 0 heterocycles. The average molecular weight is 110 g/mol. The Morgan fingerprint density at radius 1 is 1.38 bits per heavy atom. The van der Waals surface area contributed by atoms with Crippen LogP contribution in [-0.4, -0.2) is 5.78 Å². The summed E-state index contributed by atoms with van der Waals surface area (Å²) in [6.07, 6.45) is 1.79. The van der Waals surface area contributed by atoms with Crippen LogP contribution in [0.5, 0.6) is 0 Å². The molecule has 1 heteroatoms. The number of carbonyl (C=O) groups is 1. The average Bonchev–Trinajstić information content (AvgIpc) is 2.29. The third kappa shape index (κ3) is 0.396. The monoisotopic (exact) mass is 110 g/mol. The molecule has 0 saturated heterocycles. The second-order valence-electron chi connectivity index (χ2n) is 3.13. The number of fused-ring (bicyclic) bond motifs is 1. The van der Waals surface area contributed by atoms with E-state index in [4.69, 9.17) is 0 Å². The molecule has 2 aliphatic rings. The van der Waals surface area contributed by atoms with E-state index in [2.05, 4.69) is 6.92 Å². The van der Waals surface area contributed by atoms with Crippen molar-refractivity contribution in [3.8, 4) is 0 Å². The fraction of sp³-hybridized carbons (Fsp3) is 0.857. The summed E-state index contributed by atoms with van der Waals surface area (Å²) in [4.78, 5) is 10.6. The second-order valence-corrected chi connectivity index (χ2v) is 3.13. The Labute approximate surface area is 49.1 Å². The predicted octanol–water partition coefficient (Wildman–Crippen LogP) is 1.23. The molecule has 8 heavy (non-hydrogen) atoms. The first-order valence-electron chi connectivity index (χ1n) is 3.31. The van der Waals surface area contributed by atoms with Gasteiger partial charge in [-0.25, -0.2) is 0 Å². The molecule has 44 valence electrons. The van der Waals surface area contributed by atoms with Crippen molar-refractivity contribution in [2.24, 2.45) is 17.8 Å². The Kier molecular flexibility index (Phi) is 0.651. The minimum atomic E-state index is 0.498. The highest BCUT2D eigenvalue weighted by molar-refractivity contribution is 5.82. The van der Waals surface area contributed by atoms with E-state index in [1.165, 1.54) is 0 Å². The first-order valence-corrected chi connectivity index (χ1v) is 3.31. The molecule has 0 N–H and O–H groups in total. The van der Waals surface area contributed by atoms with Crippen molar-refractivity contribution >= 4 is 5.78 Å². The fourth-order valence-corrected chi connectivity index (χ4v) is 1.92. The van der Waals surface area contributed by atoms with Crippen LogP contribution < -0.4 is 0 Å². The van der Waals surface area contributed by atoms with Gasteiger partial charge < -0.3 is 0 Å². The SMILES string of the molecule is CC1[C@H]2CC(=O)C[C@@H]12. The lowest BCUT2D eigenvalue weighted by molar-refractivity contribution is -0.118. The molecule has 0 aromatic carbocycles. The van der Waals surface area contributed by atoms with Crippen molar-refractivity contribution in [2.45, 2.75) is 19.8 Å². The summed E-state index contributed by atoms with van der Waals surface area (Å²) in [5.74, 6) is 3.00. The minimum Gasteiger partial charge on any atom is -0.300 e. The molecule has 0 bridgehead atoms. The molecule has 1 nitrogen and oxygen atoms in total. The maximum Gasteiger partial charge on any atom is 0.133 e. The van der Waals surface area contributed by atoms with E-state index >= 15 is 0 Å². The Hall–Kier alpha value is -0.330. The normalized spacial score (nSPS) is 51.6. The van der Waals surface area contributed by atoms with Gasteiger partial charge in [0.2, 0.25) is 0 Å². The van der Waals surface area contributed by atoms with Crippen LogP contribution in [0.15, 0.2) is 0 Å². The Morgan fingerprint density at radius 2 is 1.88 bits per heavy atom. The Morgan fingerprint density at radius 3 is 2.25 bits per heavy atom. The van der Waals surface area contributed by atoms with Crippen LogP contribution in [0.1, 0.15) is 19.8 Å². The number of carbonyl (C=O) groups excluding carboxylic acids is 1. The van der Waals surface area contributed by atoms with Crippen molar-refractivity contribution in [1.82, 2.24) is 0 Å². The van der Waals surface area contributed by atoms with Gasteiger partial charge >= 0.3 is 0 Å². The third-order valence-corrected chi connectivity index (χ3v) is 2.69. The van der Waals surface area contributed by atoms with Crippen LogP contribution in [0, 0.1) is 17.8 Å². The summed E-state index contributed by atoms with van der Waals surface area (Å²) in [5.41, 5.74) is 0. The molecule has 2 fully saturated rings. The highest BCUT2D eigenvalue weighted by atomic mass is 16.1. The number of hydrogen-bond donors (Lipinski definition) is 0. The molecule has 0 aromatic heterocycles. The quantitative estimate of drug-likeness (QED) is 0.458. The molecule has 1 unspecified atom stereocenters. The zero-order chi connectivity index (χ0) is 5.72. The van der Waals surface area contributed by atoms with E-state index in [0.717, 1.165) is 30.6 Å². The molecule has 0 radical (unpaired) electrons. The number of Topliss-reactive ketones (excluding diaryl/α,β-unsaturated/α-hetero) is 1. The van der Waals surface area contributed by atoms with E-state index in [1.807, 2.05) is 0 Å². The lowest BCUT2D eigenvalue weighted by Crippen LogP contribution is -1.94. The highest BCUT2D eigenvalue weighted by Gasteiger charge is 2.52. The molecule has 2 rings (SSSR count). The van der Waals surface area contributed by atoms with Gasteiger partial charge in [0, 0.05) is 12.8 Å². The lowest BCUT2D eigenvalue weighted by atomic mass is 10.1. The summed E-state index contributed by atoms with van der Waals surface area (Å²) < 4.78 is 0. The van der Waals surface area contributed by atoms with E-state index < -0.39 is 0 Å². The summed E-state index contributed by atoms with van der Waals surface area (Å²) >= 11 is 0. The molecule has 2 saturated carbocycles. The molecule has 0 spiro atoms. The Bertz CT molecular complexity index is 125. The topological polar surface area (TPSA) is 17.1 Å². The Balaban J connectivity index is 2.09. The summed E-state index contributed by atoms with van der Waals surface area (Å²) in [6.45, 7) is 2.25. The van der Waals surface area contributed by atoms with Gasteiger partial charge in [-0.05, 0) is 17.8 Å². The minimum absolute atomic E-state index is 0.498. The van der Waals surface area contributed by atoms with Crippen molar-refractivity contribution in [3.63, 3.8) is 0 Å². The van der Waals surface area contributed by atoms with Crippen molar-refractivity contribution in [2.75, 3.05) is 0 Å². The van der Waals surface area contributed by atoms with Gasteiger partial charge in [-0.15, -0.1) is 0 Å². The van der Waals surface area contributed by atoms with Crippen molar-refractivity contribution in [3.05, 3.63) is 0 Å². The lowest BCUT2D eigenvalue weighted by Gasteiger charge is -1.90. The summed E-state index contributed by atoms with van der Waals surface area (Å²) in [5, 5.41) is 0. The van der Waals surface area contributed by atoms with E-state index in [0.29, 0.717) is 5.78 Å². The molecule has 3 atom stereocenters. The predicted molar refractivity (Wildman–Crippen MR) is 30.4 cm³/mol. The van der Waals surface area contributed by atoms with Gasteiger partial charge in [-0.2, -0.15) is 0 Å². The molecule has 0 amide bonds. The maximum atomic E-state index is 10.6. The van der Waals surface area contributed by atoms with Crippen LogP contribution in [-0.2, 0) is 4.79 Å². The van der Waals surface area contributed by atoms with E-state index in [1.54, 1.807) is 0 Å². The zero-order valence-electron chi connectivity index (χ0n) is 5.05. The summed E-state index contributed by atoms with van der Waals surface area (Å²) in [6, 6.07) is 0. The van der Waals surface area contributed by atoms with Crippen LogP contribution >= 0.6 is 0 Å². The van der Waals surface area contributed by atoms with Gasteiger partial charge in [-0.3, -0.25) is 4.79 Å². The molecule has 2 aliphatic carbocycles. The summed E-state index contributed by atoms with van der Waals surface area (Å²) in [7, 11) is 0. The first kappa shape index (κ1) is 4.54. The van der Waals surface area contributed by atoms with E-state index in [9.17, 15) is 4.79 Å². The highest BCUT2D eigenvalue weighted by Crippen LogP contribution is 2.55.